The number of anilines is 2. The predicted molar refractivity (Wildman–Crippen MR) is 81.3 cm³/mol. The lowest BCUT2D eigenvalue weighted by atomic mass is 10.1. The molecule has 1 unspecified atom stereocenters. The van der Waals surface area contributed by atoms with Crippen LogP contribution >= 0.6 is 11.3 Å². The van der Waals surface area contributed by atoms with Crippen molar-refractivity contribution in [1.82, 2.24) is 20.3 Å². The largest absolute Gasteiger partial charge is 0.375 e. The summed E-state index contributed by atoms with van der Waals surface area (Å²) in [7, 11) is 0. The molecule has 8 heteroatoms. The summed E-state index contributed by atoms with van der Waals surface area (Å²) in [4.78, 5) is 27.2. The summed E-state index contributed by atoms with van der Waals surface area (Å²) in [5, 5.41) is 3.43. The lowest BCUT2D eigenvalue weighted by Crippen LogP contribution is -2.48. The fourth-order valence-corrected chi connectivity index (χ4v) is 2.97. The molecule has 2 aromatic rings. The zero-order valence-corrected chi connectivity index (χ0v) is 12.2. The topological polar surface area (TPSA) is 97.0 Å². The van der Waals surface area contributed by atoms with Crippen LogP contribution in [0.3, 0.4) is 0 Å². The van der Waals surface area contributed by atoms with E-state index in [9.17, 15) is 4.79 Å². The molecule has 0 bridgehead atoms. The van der Waals surface area contributed by atoms with Crippen molar-refractivity contribution < 1.29 is 4.79 Å². The number of piperidine rings is 1. The van der Waals surface area contributed by atoms with Gasteiger partial charge in [0.25, 0.3) is 5.91 Å². The summed E-state index contributed by atoms with van der Waals surface area (Å²) in [6, 6.07) is 1.87. The Morgan fingerprint density at radius 3 is 2.90 bits per heavy atom. The predicted octanol–water partition coefficient (Wildman–Crippen LogP) is 0.914. The van der Waals surface area contributed by atoms with Crippen LogP contribution in [0, 0.1) is 0 Å². The van der Waals surface area contributed by atoms with Gasteiger partial charge in [0.2, 0.25) is 5.95 Å². The highest BCUT2D eigenvalue weighted by Crippen LogP contribution is 2.17. The van der Waals surface area contributed by atoms with E-state index in [0.29, 0.717) is 22.5 Å². The van der Waals surface area contributed by atoms with E-state index < -0.39 is 0 Å². The molecule has 0 aromatic carbocycles. The molecule has 0 radical (unpaired) electrons. The summed E-state index contributed by atoms with van der Waals surface area (Å²) in [6.07, 6.45) is 6.91. The zero-order chi connectivity index (χ0) is 14.7. The van der Waals surface area contributed by atoms with Gasteiger partial charge in [0, 0.05) is 31.5 Å². The molecule has 1 atom stereocenters. The fraction of sp³-hybridized carbons (Fsp3) is 0.385. The second-order valence-electron chi connectivity index (χ2n) is 4.87. The molecule has 3 heterocycles. The number of carbonyl (C=O) groups is 1. The number of nitrogens with one attached hydrogen (secondary N) is 1. The smallest absolute Gasteiger partial charge is 0.263 e. The zero-order valence-electron chi connectivity index (χ0n) is 11.4. The Morgan fingerprint density at radius 2 is 2.19 bits per heavy atom. The van der Waals surface area contributed by atoms with E-state index >= 15 is 0 Å². The number of hydrogen-bond acceptors (Lipinski definition) is 7. The number of nitrogens with two attached hydrogens (primary N) is 1. The molecule has 1 aliphatic rings. The Labute approximate surface area is 126 Å². The van der Waals surface area contributed by atoms with Crippen LogP contribution in [0.5, 0.6) is 0 Å². The van der Waals surface area contributed by atoms with Crippen LogP contribution in [0.1, 0.15) is 22.5 Å². The van der Waals surface area contributed by atoms with Gasteiger partial charge in [-0.3, -0.25) is 4.79 Å². The highest BCUT2D eigenvalue weighted by Gasteiger charge is 2.23. The average molecular weight is 304 g/mol. The van der Waals surface area contributed by atoms with E-state index in [-0.39, 0.29) is 11.9 Å². The van der Waals surface area contributed by atoms with E-state index in [4.69, 9.17) is 5.73 Å². The third-order valence-electron chi connectivity index (χ3n) is 3.34. The first-order valence-corrected chi connectivity index (χ1v) is 7.58. The lowest BCUT2D eigenvalue weighted by Gasteiger charge is -2.32. The van der Waals surface area contributed by atoms with Crippen molar-refractivity contribution in [3.05, 3.63) is 29.5 Å². The van der Waals surface area contributed by atoms with Crippen LogP contribution < -0.4 is 16.0 Å². The number of amides is 1. The molecular formula is C13H16N6OS. The molecule has 7 nitrogen and oxygen atoms in total. The first kappa shape index (κ1) is 13.7. The van der Waals surface area contributed by atoms with Crippen molar-refractivity contribution in [2.45, 2.75) is 18.9 Å². The van der Waals surface area contributed by atoms with Gasteiger partial charge in [0.05, 0.1) is 6.20 Å². The summed E-state index contributed by atoms with van der Waals surface area (Å²) in [5.74, 6) is 0.587. The minimum atomic E-state index is -0.120. The molecule has 0 aliphatic carbocycles. The number of rotatable bonds is 3. The first-order valence-electron chi connectivity index (χ1n) is 6.76. The van der Waals surface area contributed by atoms with Gasteiger partial charge in [-0.25, -0.2) is 15.0 Å². The number of nitrogens with zero attached hydrogens (tertiary/aromatic N) is 4. The van der Waals surface area contributed by atoms with Crippen molar-refractivity contribution in [3.8, 4) is 0 Å². The quantitative estimate of drug-likeness (QED) is 0.875. The van der Waals surface area contributed by atoms with E-state index in [1.54, 1.807) is 18.5 Å². The van der Waals surface area contributed by atoms with Crippen molar-refractivity contribution in [2.24, 2.45) is 0 Å². The maximum absolute atomic E-state index is 12.1. The van der Waals surface area contributed by atoms with Gasteiger partial charge in [-0.05, 0) is 18.9 Å². The van der Waals surface area contributed by atoms with Crippen LogP contribution in [0.25, 0.3) is 0 Å². The van der Waals surface area contributed by atoms with Crippen molar-refractivity contribution in [2.75, 3.05) is 23.7 Å². The molecule has 2 aromatic heterocycles. The minimum absolute atomic E-state index is 0.0818. The lowest BCUT2D eigenvalue weighted by molar-refractivity contribution is 0.0937. The molecule has 21 heavy (non-hydrogen) atoms. The molecule has 1 fully saturated rings. The van der Waals surface area contributed by atoms with Gasteiger partial charge in [-0.2, -0.15) is 0 Å². The maximum Gasteiger partial charge on any atom is 0.263 e. The standard InChI is InChI=1S/C13H16N6OS/c14-12-17-7-10(21-12)11(20)18-9-3-1-6-19(8-9)13-15-4-2-5-16-13/h2,4-5,7,9H,1,3,6,8H2,(H2,14,17)(H,18,20). The van der Waals surface area contributed by atoms with E-state index in [2.05, 4.69) is 25.2 Å². The monoisotopic (exact) mass is 304 g/mol. The second kappa shape index (κ2) is 6.04. The van der Waals surface area contributed by atoms with Crippen molar-refractivity contribution in [3.63, 3.8) is 0 Å². The summed E-state index contributed by atoms with van der Waals surface area (Å²) < 4.78 is 0. The van der Waals surface area contributed by atoms with Gasteiger partial charge in [0.1, 0.15) is 4.88 Å². The maximum atomic E-state index is 12.1. The number of thiazole rings is 1. The Morgan fingerprint density at radius 1 is 1.38 bits per heavy atom. The molecule has 1 aliphatic heterocycles. The summed E-state index contributed by atoms with van der Waals surface area (Å²) in [6.45, 7) is 1.62. The normalized spacial score (nSPS) is 18.5. The highest BCUT2D eigenvalue weighted by molar-refractivity contribution is 7.17. The van der Waals surface area contributed by atoms with Gasteiger partial charge in [-0.15, -0.1) is 0 Å². The molecule has 3 rings (SSSR count). The van der Waals surface area contributed by atoms with E-state index in [0.717, 1.165) is 19.4 Å². The second-order valence-corrected chi connectivity index (χ2v) is 5.93. The van der Waals surface area contributed by atoms with Crippen LogP contribution in [-0.4, -0.2) is 40.0 Å². The Kier molecular flexibility index (Phi) is 3.96. The van der Waals surface area contributed by atoms with Crippen LogP contribution in [0.4, 0.5) is 11.1 Å². The third-order valence-corrected chi connectivity index (χ3v) is 4.16. The number of carbonyl (C=O) groups excluding carboxylic acids is 1. The third kappa shape index (κ3) is 3.27. The van der Waals surface area contributed by atoms with E-state index in [1.165, 1.54) is 17.5 Å². The van der Waals surface area contributed by atoms with Gasteiger partial charge in [-0.1, -0.05) is 11.3 Å². The molecule has 0 saturated carbocycles. The van der Waals surface area contributed by atoms with Crippen molar-refractivity contribution >= 4 is 28.3 Å². The molecular weight excluding hydrogens is 288 g/mol. The summed E-state index contributed by atoms with van der Waals surface area (Å²) in [5.41, 5.74) is 5.55. The Bertz CT molecular complexity index is 616. The summed E-state index contributed by atoms with van der Waals surface area (Å²) >= 11 is 1.20. The number of aromatic nitrogens is 3. The number of nitrogen functional groups attached to an aromatic ring is 1. The SMILES string of the molecule is Nc1ncc(C(=O)NC2CCCN(c3ncccn3)C2)s1. The molecule has 1 saturated heterocycles. The molecule has 1 amide bonds. The highest BCUT2D eigenvalue weighted by atomic mass is 32.1. The van der Waals surface area contributed by atoms with Crippen LogP contribution in [0.15, 0.2) is 24.7 Å². The van der Waals surface area contributed by atoms with E-state index in [1.807, 2.05) is 0 Å². The molecule has 3 N–H and O–H groups in total. The fourth-order valence-electron chi connectivity index (χ4n) is 2.38. The van der Waals surface area contributed by atoms with Crippen molar-refractivity contribution in [1.29, 1.82) is 0 Å². The van der Waals surface area contributed by atoms with Gasteiger partial charge in [0.15, 0.2) is 5.13 Å². The van der Waals surface area contributed by atoms with Gasteiger partial charge >= 0.3 is 0 Å². The minimum Gasteiger partial charge on any atom is -0.375 e. The molecule has 0 spiro atoms. The average Bonchev–Trinajstić information content (AvgIpc) is 2.95. The Balaban J connectivity index is 1.62. The molecule has 110 valence electrons. The number of hydrogen-bond donors (Lipinski definition) is 2. The van der Waals surface area contributed by atoms with Gasteiger partial charge < -0.3 is 16.0 Å². The van der Waals surface area contributed by atoms with Crippen LogP contribution in [0.2, 0.25) is 0 Å². The first-order chi connectivity index (χ1) is 10.2. The van der Waals surface area contributed by atoms with Crippen LogP contribution in [-0.2, 0) is 0 Å². The Hall–Kier alpha value is -2.22.